The van der Waals surface area contributed by atoms with Crippen LogP contribution in [0.5, 0.6) is 0 Å². The Morgan fingerprint density at radius 2 is 1.50 bits per heavy atom. The quantitative estimate of drug-likeness (QED) is 0.519. The number of amides is 2. The highest BCUT2D eigenvalue weighted by Gasteiger charge is 2.44. The fourth-order valence-electron chi connectivity index (χ4n) is 4.76. The van der Waals surface area contributed by atoms with Crippen molar-refractivity contribution >= 4 is 40.9 Å². The van der Waals surface area contributed by atoms with Crippen molar-refractivity contribution < 1.29 is 14.3 Å². The second kappa shape index (κ2) is 9.31. The molecule has 0 radical (unpaired) electrons. The number of carbonyl (C=O) groups is 2. The first-order chi connectivity index (χ1) is 15.9. The molecule has 2 aromatic rings. The van der Waals surface area contributed by atoms with Gasteiger partial charge in [-0.3, -0.25) is 9.69 Å². The standard InChI is InChI=1S/C26H31Cl2N3O3/c1-26(2,3)34-25(33)31-18-8-9-19(31)15-30(14-18)23-11-7-17(13-22(23)28)16-6-10-20(21(27)12-16)24(32)29(4)5/h6-7,10-13,18-19H,8-9,14-15H2,1-5H3. The number of anilines is 1. The van der Waals surface area contributed by atoms with E-state index >= 15 is 0 Å². The van der Waals surface area contributed by atoms with Crippen LogP contribution < -0.4 is 4.90 Å². The summed E-state index contributed by atoms with van der Waals surface area (Å²) in [6.45, 7) is 7.13. The Labute approximate surface area is 211 Å². The lowest BCUT2D eigenvalue weighted by Gasteiger charge is -2.42. The number of fused-ring (bicyclic) bond motifs is 2. The molecule has 2 unspecified atom stereocenters. The summed E-state index contributed by atoms with van der Waals surface area (Å²) < 4.78 is 5.64. The molecule has 2 amide bonds. The molecule has 0 spiro atoms. The molecule has 2 aliphatic rings. The van der Waals surface area contributed by atoms with E-state index in [1.165, 1.54) is 4.90 Å². The molecule has 8 heteroatoms. The molecule has 2 fully saturated rings. The SMILES string of the molecule is CN(C)C(=O)c1ccc(-c2ccc(N3CC4CCC(C3)N4C(=O)OC(C)(C)C)c(Cl)c2)cc1Cl. The van der Waals surface area contributed by atoms with E-state index in [9.17, 15) is 9.59 Å². The zero-order valence-electron chi connectivity index (χ0n) is 20.3. The van der Waals surface area contributed by atoms with E-state index in [4.69, 9.17) is 27.9 Å². The number of rotatable bonds is 3. The molecule has 2 saturated heterocycles. The van der Waals surface area contributed by atoms with Crippen molar-refractivity contribution in [2.75, 3.05) is 32.1 Å². The van der Waals surface area contributed by atoms with Gasteiger partial charge >= 0.3 is 6.09 Å². The molecule has 0 aliphatic carbocycles. The maximum atomic E-state index is 12.7. The molecular weight excluding hydrogens is 473 g/mol. The lowest BCUT2D eigenvalue weighted by Crippen LogP contribution is -2.56. The van der Waals surface area contributed by atoms with Crippen LogP contribution in [0.15, 0.2) is 36.4 Å². The predicted molar refractivity (Wildman–Crippen MR) is 137 cm³/mol. The van der Waals surface area contributed by atoms with Gasteiger partial charge in [-0.1, -0.05) is 35.3 Å². The minimum atomic E-state index is -0.506. The summed E-state index contributed by atoms with van der Waals surface area (Å²) in [5, 5.41) is 1.05. The van der Waals surface area contributed by atoms with Crippen LogP contribution in [0.2, 0.25) is 10.0 Å². The van der Waals surface area contributed by atoms with Crippen molar-refractivity contribution in [1.82, 2.24) is 9.80 Å². The van der Waals surface area contributed by atoms with E-state index in [0.717, 1.165) is 42.7 Å². The van der Waals surface area contributed by atoms with Gasteiger partial charge in [0.15, 0.2) is 0 Å². The number of hydrogen-bond donors (Lipinski definition) is 0. The van der Waals surface area contributed by atoms with Gasteiger partial charge in [-0.05, 0) is 69.0 Å². The van der Waals surface area contributed by atoms with Gasteiger partial charge in [0, 0.05) is 27.2 Å². The van der Waals surface area contributed by atoms with E-state index < -0.39 is 5.60 Å². The van der Waals surface area contributed by atoms with Gasteiger partial charge in [-0.15, -0.1) is 0 Å². The van der Waals surface area contributed by atoms with E-state index in [-0.39, 0.29) is 24.1 Å². The first-order valence-corrected chi connectivity index (χ1v) is 12.3. The van der Waals surface area contributed by atoms with Crippen LogP contribution in [0.4, 0.5) is 10.5 Å². The van der Waals surface area contributed by atoms with Gasteiger partial charge in [0.2, 0.25) is 0 Å². The van der Waals surface area contributed by atoms with E-state index in [0.29, 0.717) is 15.6 Å². The largest absolute Gasteiger partial charge is 0.444 e. The number of halogens is 2. The Hall–Kier alpha value is -2.44. The Morgan fingerprint density at radius 3 is 2.00 bits per heavy atom. The van der Waals surface area contributed by atoms with Crippen LogP contribution in [0.3, 0.4) is 0 Å². The highest BCUT2D eigenvalue weighted by molar-refractivity contribution is 6.34. The summed E-state index contributed by atoms with van der Waals surface area (Å²) in [7, 11) is 3.40. The van der Waals surface area contributed by atoms with Gasteiger partial charge in [0.1, 0.15) is 5.60 Å². The average Bonchev–Trinajstić information content (AvgIpc) is 3.02. The number of carbonyl (C=O) groups excluding carboxylic acids is 2. The normalized spacial score (nSPS) is 19.9. The van der Waals surface area contributed by atoms with Crippen molar-refractivity contribution in [2.24, 2.45) is 0 Å². The lowest BCUT2D eigenvalue weighted by molar-refractivity contribution is 0.0123. The Morgan fingerprint density at radius 1 is 0.941 bits per heavy atom. The van der Waals surface area contributed by atoms with Crippen LogP contribution in [-0.4, -0.2) is 66.7 Å². The van der Waals surface area contributed by atoms with Gasteiger partial charge < -0.3 is 14.5 Å². The van der Waals surface area contributed by atoms with Crippen molar-refractivity contribution in [2.45, 2.75) is 51.3 Å². The summed E-state index contributed by atoms with van der Waals surface area (Å²) in [5.74, 6) is -0.134. The van der Waals surface area contributed by atoms with Crippen molar-refractivity contribution in [3.8, 4) is 11.1 Å². The molecule has 6 nitrogen and oxygen atoms in total. The molecule has 0 saturated carbocycles. The Balaban J connectivity index is 1.51. The third kappa shape index (κ3) is 4.98. The van der Waals surface area contributed by atoms with E-state index in [1.807, 2.05) is 49.9 Å². The monoisotopic (exact) mass is 503 g/mol. The molecule has 34 heavy (non-hydrogen) atoms. The molecule has 2 atom stereocenters. The number of nitrogens with zero attached hydrogens (tertiary/aromatic N) is 3. The topological polar surface area (TPSA) is 53.1 Å². The Kier molecular flexibility index (Phi) is 6.76. The molecular formula is C26H31Cl2N3O3. The van der Waals surface area contributed by atoms with Crippen LogP contribution in [0, 0.1) is 0 Å². The number of ether oxygens (including phenoxy) is 1. The maximum absolute atomic E-state index is 12.7. The van der Waals surface area contributed by atoms with Gasteiger partial charge in [0.25, 0.3) is 5.91 Å². The smallest absolute Gasteiger partial charge is 0.410 e. The summed E-state index contributed by atoms with van der Waals surface area (Å²) in [6.07, 6.45) is 1.70. The second-order valence-corrected chi connectivity index (χ2v) is 11.1. The third-order valence-corrected chi connectivity index (χ3v) is 6.93. The zero-order chi connectivity index (χ0) is 24.8. The minimum Gasteiger partial charge on any atom is -0.444 e. The summed E-state index contributed by atoms with van der Waals surface area (Å²) in [5.41, 5.74) is 2.74. The van der Waals surface area contributed by atoms with Crippen LogP contribution in [0.25, 0.3) is 11.1 Å². The molecule has 2 bridgehead atoms. The number of hydrogen-bond acceptors (Lipinski definition) is 4. The van der Waals surface area contributed by atoms with Crippen molar-refractivity contribution in [3.05, 3.63) is 52.0 Å². The molecule has 2 heterocycles. The van der Waals surface area contributed by atoms with E-state index in [2.05, 4.69) is 4.90 Å². The first-order valence-electron chi connectivity index (χ1n) is 11.5. The van der Waals surface area contributed by atoms with Crippen LogP contribution in [0.1, 0.15) is 44.0 Å². The van der Waals surface area contributed by atoms with Gasteiger partial charge in [-0.25, -0.2) is 4.79 Å². The summed E-state index contributed by atoms with van der Waals surface area (Å²) in [4.78, 5) is 30.7. The van der Waals surface area contributed by atoms with Crippen molar-refractivity contribution in [1.29, 1.82) is 0 Å². The van der Waals surface area contributed by atoms with Gasteiger partial charge in [-0.2, -0.15) is 0 Å². The Bertz CT molecular complexity index is 1100. The summed E-state index contributed by atoms with van der Waals surface area (Å²) >= 11 is 13.1. The van der Waals surface area contributed by atoms with Gasteiger partial charge in [0.05, 0.1) is 33.4 Å². The third-order valence-electron chi connectivity index (χ3n) is 6.31. The lowest BCUT2D eigenvalue weighted by atomic mass is 10.0. The second-order valence-electron chi connectivity index (χ2n) is 10.2. The van der Waals surface area contributed by atoms with Crippen LogP contribution in [-0.2, 0) is 4.74 Å². The number of benzene rings is 2. The minimum absolute atomic E-state index is 0.116. The first kappa shape index (κ1) is 24.7. The fourth-order valence-corrected chi connectivity index (χ4v) is 5.33. The molecule has 0 aromatic heterocycles. The number of piperazine rings is 1. The van der Waals surface area contributed by atoms with Crippen LogP contribution >= 0.6 is 23.2 Å². The molecule has 2 aromatic carbocycles. The van der Waals surface area contributed by atoms with Crippen molar-refractivity contribution in [3.63, 3.8) is 0 Å². The molecule has 2 aliphatic heterocycles. The molecule has 4 rings (SSSR count). The van der Waals surface area contributed by atoms with E-state index in [1.54, 1.807) is 26.2 Å². The zero-order valence-corrected chi connectivity index (χ0v) is 21.8. The molecule has 182 valence electrons. The summed E-state index contributed by atoms with van der Waals surface area (Å²) in [6, 6.07) is 11.6. The highest BCUT2D eigenvalue weighted by Crippen LogP contribution is 2.38. The predicted octanol–water partition coefficient (Wildman–Crippen LogP) is 5.95. The fraction of sp³-hybridized carbons (Fsp3) is 0.462. The maximum Gasteiger partial charge on any atom is 0.410 e. The molecule has 0 N–H and O–H groups in total. The average molecular weight is 504 g/mol. The highest BCUT2D eigenvalue weighted by atomic mass is 35.5.